The van der Waals surface area contributed by atoms with Crippen LogP contribution in [0.5, 0.6) is 5.75 Å². The topological polar surface area (TPSA) is 30.8 Å². The molecule has 0 N–H and O–H groups in total. The van der Waals surface area contributed by atoms with E-state index in [9.17, 15) is 13.2 Å². The van der Waals surface area contributed by atoms with Crippen LogP contribution < -0.4 is 4.74 Å². The summed E-state index contributed by atoms with van der Waals surface area (Å²) < 4.78 is 39.8. The van der Waals surface area contributed by atoms with E-state index in [1.54, 1.807) is 19.9 Å². The molecule has 94 valence electrons. The number of nitrogens with zero attached hydrogens (tertiary/aromatic N) is 1. The first-order valence-electron chi connectivity index (χ1n) is 4.95. The number of halogens is 3. The summed E-state index contributed by atoms with van der Waals surface area (Å²) in [5, 5.41) is 3.73. The van der Waals surface area contributed by atoms with Crippen molar-refractivity contribution in [2.24, 2.45) is 5.16 Å². The van der Waals surface area contributed by atoms with Gasteiger partial charge in [-0.15, -0.1) is 13.2 Å². The molecule has 0 aliphatic heterocycles. The zero-order valence-electron chi connectivity index (χ0n) is 9.41. The number of oxime groups is 1. The first-order valence-corrected chi connectivity index (χ1v) is 4.95. The maximum atomic E-state index is 12.0. The zero-order chi connectivity index (χ0) is 12.9. The Bertz CT molecular complexity index is 402. The fourth-order valence-corrected chi connectivity index (χ4v) is 1.13. The molecule has 0 bridgehead atoms. The number of benzene rings is 1. The molecule has 17 heavy (non-hydrogen) atoms. The summed E-state index contributed by atoms with van der Waals surface area (Å²) in [7, 11) is 0. The largest absolute Gasteiger partial charge is 0.573 e. The highest BCUT2D eigenvalue weighted by Gasteiger charge is 2.31. The van der Waals surface area contributed by atoms with Gasteiger partial charge in [0.25, 0.3) is 0 Å². The first kappa shape index (κ1) is 13.3. The number of alkyl halides is 3. The van der Waals surface area contributed by atoms with Gasteiger partial charge < -0.3 is 9.57 Å². The summed E-state index contributed by atoms with van der Waals surface area (Å²) >= 11 is 0. The number of hydrogen-bond acceptors (Lipinski definition) is 3. The van der Waals surface area contributed by atoms with E-state index in [2.05, 4.69) is 9.89 Å². The molecular weight excluding hydrogens is 235 g/mol. The average molecular weight is 247 g/mol. The molecule has 0 aliphatic carbocycles. The second-order valence-electron chi connectivity index (χ2n) is 3.17. The maximum Gasteiger partial charge on any atom is 0.573 e. The highest BCUT2D eigenvalue weighted by Crippen LogP contribution is 2.23. The van der Waals surface area contributed by atoms with Crippen LogP contribution >= 0.6 is 0 Å². The van der Waals surface area contributed by atoms with Crippen LogP contribution in [0, 0.1) is 0 Å². The van der Waals surface area contributed by atoms with E-state index in [0.29, 0.717) is 17.9 Å². The van der Waals surface area contributed by atoms with Gasteiger partial charge in [-0.1, -0.05) is 17.3 Å². The smallest absolute Gasteiger partial charge is 0.406 e. The van der Waals surface area contributed by atoms with E-state index < -0.39 is 6.36 Å². The standard InChI is InChI=1S/C11H12F3NO2/c1-3-16-15-8(2)9-5-4-6-10(7-9)17-11(12,13)14/h4-7H,3H2,1-2H3/b15-8+. The van der Waals surface area contributed by atoms with Crippen molar-refractivity contribution in [1.82, 2.24) is 0 Å². The van der Waals surface area contributed by atoms with Crippen molar-refractivity contribution in [2.75, 3.05) is 6.61 Å². The lowest BCUT2D eigenvalue weighted by Crippen LogP contribution is -2.17. The molecule has 0 atom stereocenters. The minimum Gasteiger partial charge on any atom is -0.406 e. The van der Waals surface area contributed by atoms with Crippen molar-refractivity contribution in [3.05, 3.63) is 29.8 Å². The second kappa shape index (κ2) is 5.56. The molecule has 0 spiro atoms. The Labute approximate surface area is 96.8 Å². The third kappa shape index (κ3) is 4.76. The molecule has 1 aromatic rings. The molecule has 0 amide bonds. The predicted molar refractivity (Wildman–Crippen MR) is 57.0 cm³/mol. The van der Waals surface area contributed by atoms with E-state index in [1.165, 1.54) is 18.2 Å². The van der Waals surface area contributed by atoms with Gasteiger partial charge in [0.2, 0.25) is 0 Å². The Balaban J connectivity index is 2.86. The molecule has 3 nitrogen and oxygen atoms in total. The van der Waals surface area contributed by atoms with Crippen molar-refractivity contribution < 1.29 is 22.7 Å². The highest BCUT2D eigenvalue weighted by molar-refractivity contribution is 5.98. The van der Waals surface area contributed by atoms with Crippen LogP contribution in [0.3, 0.4) is 0 Å². The molecule has 0 aliphatic rings. The van der Waals surface area contributed by atoms with Crippen LogP contribution in [-0.4, -0.2) is 18.7 Å². The maximum absolute atomic E-state index is 12.0. The molecule has 0 unspecified atom stereocenters. The lowest BCUT2D eigenvalue weighted by molar-refractivity contribution is -0.274. The van der Waals surface area contributed by atoms with Gasteiger partial charge in [-0.2, -0.15) is 0 Å². The highest BCUT2D eigenvalue weighted by atomic mass is 19.4. The van der Waals surface area contributed by atoms with Crippen molar-refractivity contribution in [3.8, 4) is 5.75 Å². The van der Waals surface area contributed by atoms with Gasteiger partial charge >= 0.3 is 6.36 Å². The van der Waals surface area contributed by atoms with Gasteiger partial charge in [0.05, 0.1) is 5.71 Å². The SMILES string of the molecule is CCO/N=C(\C)c1cccc(OC(F)(F)F)c1. The number of ether oxygens (including phenoxy) is 1. The van der Waals surface area contributed by atoms with E-state index >= 15 is 0 Å². The van der Waals surface area contributed by atoms with Gasteiger partial charge in [0.1, 0.15) is 12.4 Å². The summed E-state index contributed by atoms with van der Waals surface area (Å²) in [6.45, 7) is 3.80. The van der Waals surface area contributed by atoms with Gasteiger partial charge in [-0.05, 0) is 26.0 Å². The monoisotopic (exact) mass is 247 g/mol. The average Bonchev–Trinajstić information content (AvgIpc) is 2.24. The van der Waals surface area contributed by atoms with Crippen molar-refractivity contribution in [1.29, 1.82) is 0 Å². The minimum atomic E-state index is -4.69. The fourth-order valence-electron chi connectivity index (χ4n) is 1.13. The van der Waals surface area contributed by atoms with Gasteiger partial charge in [-0.3, -0.25) is 0 Å². The van der Waals surface area contributed by atoms with Crippen LogP contribution in [0.15, 0.2) is 29.4 Å². The minimum absolute atomic E-state index is 0.277. The summed E-state index contributed by atoms with van der Waals surface area (Å²) in [4.78, 5) is 4.82. The Morgan fingerprint density at radius 1 is 1.35 bits per heavy atom. The fraction of sp³-hybridized carbons (Fsp3) is 0.364. The molecule has 0 aromatic heterocycles. The summed E-state index contributed by atoms with van der Waals surface area (Å²) in [6, 6.07) is 5.57. The molecule has 0 radical (unpaired) electrons. The Kier molecular flexibility index (Phi) is 4.37. The van der Waals surface area contributed by atoms with Crippen LogP contribution in [0.25, 0.3) is 0 Å². The van der Waals surface area contributed by atoms with Gasteiger partial charge in [-0.25, -0.2) is 0 Å². The molecule has 0 fully saturated rings. The summed E-state index contributed by atoms with van der Waals surface area (Å²) in [6.07, 6.45) is -4.69. The quantitative estimate of drug-likeness (QED) is 0.603. The van der Waals surface area contributed by atoms with Crippen LogP contribution in [-0.2, 0) is 4.84 Å². The molecule has 0 saturated heterocycles. The molecule has 1 aromatic carbocycles. The second-order valence-corrected chi connectivity index (χ2v) is 3.17. The lowest BCUT2D eigenvalue weighted by atomic mass is 10.1. The predicted octanol–water partition coefficient (Wildman–Crippen LogP) is 3.35. The molecule has 0 saturated carbocycles. The zero-order valence-corrected chi connectivity index (χ0v) is 9.41. The van der Waals surface area contributed by atoms with E-state index in [-0.39, 0.29) is 5.75 Å². The number of rotatable bonds is 4. The molecule has 0 heterocycles. The van der Waals surface area contributed by atoms with Gasteiger partial charge in [0, 0.05) is 5.56 Å². The Morgan fingerprint density at radius 2 is 2.06 bits per heavy atom. The van der Waals surface area contributed by atoms with Crippen molar-refractivity contribution in [3.63, 3.8) is 0 Å². The molecule has 6 heteroatoms. The Morgan fingerprint density at radius 3 is 2.65 bits per heavy atom. The van der Waals surface area contributed by atoms with Crippen molar-refractivity contribution in [2.45, 2.75) is 20.2 Å². The van der Waals surface area contributed by atoms with Crippen LogP contribution in [0.1, 0.15) is 19.4 Å². The first-order chi connectivity index (χ1) is 7.92. The van der Waals surface area contributed by atoms with E-state index in [1.807, 2.05) is 0 Å². The summed E-state index contributed by atoms with van der Waals surface area (Å²) in [5.74, 6) is -0.277. The normalized spacial score (nSPS) is 12.4. The lowest BCUT2D eigenvalue weighted by Gasteiger charge is -2.09. The molecule has 1 rings (SSSR count). The third-order valence-electron chi connectivity index (χ3n) is 1.82. The molecular formula is C11H12F3NO2. The summed E-state index contributed by atoms with van der Waals surface area (Å²) in [5.41, 5.74) is 1.000. The van der Waals surface area contributed by atoms with Crippen LogP contribution in [0.2, 0.25) is 0 Å². The van der Waals surface area contributed by atoms with E-state index in [0.717, 1.165) is 0 Å². The van der Waals surface area contributed by atoms with E-state index in [4.69, 9.17) is 4.84 Å². The van der Waals surface area contributed by atoms with Crippen LogP contribution in [0.4, 0.5) is 13.2 Å². The Hall–Kier alpha value is -1.72. The third-order valence-corrected chi connectivity index (χ3v) is 1.82. The van der Waals surface area contributed by atoms with Gasteiger partial charge in [0.15, 0.2) is 0 Å². The van der Waals surface area contributed by atoms with Crippen molar-refractivity contribution >= 4 is 5.71 Å². The number of hydrogen-bond donors (Lipinski definition) is 0.